The van der Waals surface area contributed by atoms with Crippen molar-refractivity contribution in [2.24, 2.45) is 0 Å². The molecule has 1 amide bonds. The summed E-state index contributed by atoms with van der Waals surface area (Å²) in [6, 6.07) is 9.20. The van der Waals surface area contributed by atoms with E-state index in [0.717, 1.165) is 5.39 Å². The number of alkyl halides is 3. The third-order valence-corrected chi connectivity index (χ3v) is 3.34. The first-order valence-corrected chi connectivity index (χ1v) is 6.75. The smallest absolute Gasteiger partial charge is 0.417 e. The molecule has 4 nitrogen and oxygen atoms in total. The summed E-state index contributed by atoms with van der Waals surface area (Å²) >= 11 is 5.74. The van der Waals surface area contributed by atoms with Crippen molar-refractivity contribution in [3.8, 4) is 0 Å². The molecule has 23 heavy (non-hydrogen) atoms. The zero-order valence-corrected chi connectivity index (χ0v) is 12.1. The molecule has 0 radical (unpaired) electrons. The molecule has 8 heteroatoms. The lowest BCUT2D eigenvalue weighted by Gasteiger charge is -2.09. The van der Waals surface area contributed by atoms with Crippen LogP contribution in [0.15, 0.2) is 47.0 Å². The minimum atomic E-state index is -4.56. The second-order valence-electron chi connectivity index (χ2n) is 4.65. The van der Waals surface area contributed by atoms with Gasteiger partial charge in [0.05, 0.1) is 10.6 Å². The summed E-state index contributed by atoms with van der Waals surface area (Å²) in [6.45, 7) is 0. The van der Waals surface area contributed by atoms with Crippen molar-refractivity contribution in [3.63, 3.8) is 0 Å². The maximum Gasteiger partial charge on any atom is 0.417 e. The minimum absolute atomic E-state index is 0.00367. The second-order valence-corrected chi connectivity index (χ2v) is 5.06. The molecule has 0 bridgehead atoms. The molecular weight excluding hydrogens is 333 g/mol. The van der Waals surface area contributed by atoms with E-state index in [-0.39, 0.29) is 16.6 Å². The van der Waals surface area contributed by atoms with E-state index in [0.29, 0.717) is 17.8 Å². The van der Waals surface area contributed by atoms with Crippen LogP contribution < -0.4 is 5.32 Å². The number of anilines is 1. The minimum Gasteiger partial charge on any atom is -0.451 e. The van der Waals surface area contributed by atoms with E-state index < -0.39 is 17.6 Å². The van der Waals surface area contributed by atoms with Crippen LogP contribution >= 0.6 is 11.6 Å². The lowest BCUT2D eigenvalue weighted by molar-refractivity contribution is -0.137. The molecule has 0 spiro atoms. The van der Waals surface area contributed by atoms with Gasteiger partial charge in [-0.3, -0.25) is 4.79 Å². The van der Waals surface area contributed by atoms with Gasteiger partial charge in [-0.1, -0.05) is 29.8 Å². The zero-order chi connectivity index (χ0) is 16.6. The molecule has 0 aliphatic heterocycles. The van der Waals surface area contributed by atoms with Crippen LogP contribution in [0, 0.1) is 0 Å². The number of carbonyl (C=O) groups excluding carboxylic acids is 1. The van der Waals surface area contributed by atoms with Gasteiger partial charge in [0, 0.05) is 11.6 Å². The Morgan fingerprint density at radius 2 is 1.96 bits per heavy atom. The number of pyridine rings is 1. The summed E-state index contributed by atoms with van der Waals surface area (Å²) in [5.74, 6) is -0.829. The van der Waals surface area contributed by atoms with Gasteiger partial charge in [-0.15, -0.1) is 0 Å². The van der Waals surface area contributed by atoms with Crippen LogP contribution in [0.1, 0.15) is 16.1 Å². The molecule has 1 aromatic carbocycles. The number of fused-ring (bicyclic) bond motifs is 1. The van der Waals surface area contributed by atoms with Gasteiger partial charge in [0.2, 0.25) is 0 Å². The van der Waals surface area contributed by atoms with Crippen molar-refractivity contribution < 1.29 is 22.4 Å². The van der Waals surface area contributed by atoms with Crippen molar-refractivity contribution in [3.05, 3.63) is 58.9 Å². The summed E-state index contributed by atoms with van der Waals surface area (Å²) in [4.78, 5) is 15.6. The van der Waals surface area contributed by atoms with E-state index in [1.165, 1.54) is 6.07 Å². The SMILES string of the molecule is O=C(Nc1ncc(C(F)(F)F)cc1Cl)c1cc2ccccc2o1. The number of para-hydroxylation sites is 1. The van der Waals surface area contributed by atoms with Gasteiger partial charge in [-0.25, -0.2) is 4.98 Å². The number of hydrogen-bond acceptors (Lipinski definition) is 3. The number of benzene rings is 1. The van der Waals surface area contributed by atoms with Crippen LogP contribution in [-0.2, 0) is 6.18 Å². The summed E-state index contributed by atoms with van der Waals surface area (Å²) in [5, 5.41) is 2.73. The maximum atomic E-state index is 12.5. The number of halogens is 4. The van der Waals surface area contributed by atoms with Crippen molar-refractivity contribution in [2.75, 3.05) is 5.32 Å². The van der Waals surface area contributed by atoms with E-state index in [4.69, 9.17) is 16.0 Å². The molecule has 118 valence electrons. The van der Waals surface area contributed by atoms with Crippen molar-refractivity contribution in [1.29, 1.82) is 0 Å². The first-order chi connectivity index (χ1) is 10.8. The Kier molecular flexibility index (Phi) is 3.73. The highest BCUT2D eigenvalue weighted by atomic mass is 35.5. The summed E-state index contributed by atoms with van der Waals surface area (Å²) in [7, 11) is 0. The van der Waals surface area contributed by atoms with Crippen molar-refractivity contribution >= 4 is 34.3 Å². The molecular formula is C15H8ClF3N2O2. The number of rotatable bonds is 2. The summed E-state index contributed by atoms with van der Waals surface area (Å²) in [6.07, 6.45) is -3.96. The van der Waals surface area contributed by atoms with Gasteiger partial charge in [0.25, 0.3) is 5.91 Å². The number of furan rings is 1. The van der Waals surface area contributed by atoms with E-state index >= 15 is 0 Å². The number of nitrogens with zero attached hydrogens (tertiary/aromatic N) is 1. The highest BCUT2D eigenvalue weighted by Crippen LogP contribution is 2.32. The van der Waals surface area contributed by atoms with Gasteiger partial charge < -0.3 is 9.73 Å². The molecule has 0 fully saturated rings. The first-order valence-electron chi connectivity index (χ1n) is 6.37. The molecule has 1 N–H and O–H groups in total. The Morgan fingerprint density at radius 3 is 2.61 bits per heavy atom. The predicted octanol–water partition coefficient (Wildman–Crippen LogP) is 4.75. The molecule has 3 aromatic rings. The Bertz CT molecular complexity index is 857. The van der Waals surface area contributed by atoms with Gasteiger partial charge in [-0.05, 0) is 18.2 Å². The molecule has 0 aliphatic rings. The summed E-state index contributed by atoms with van der Waals surface area (Å²) in [5.41, 5.74) is -0.478. The molecule has 2 heterocycles. The van der Waals surface area contributed by atoms with E-state index in [1.54, 1.807) is 24.3 Å². The van der Waals surface area contributed by atoms with Crippen LogP contribution in [0.4, 0.5) is 19.0 Å². The average Bonchev–Trinajstić information content (AvgIpc) is 2.92. The van der Waals surface area contributed by atoms with E-state index in [9.17, 15) is 18.0 Å². The van der Waals surface area contributed by atoms with Gasteiger partial charge in [0.15, 0.2) is 11.6 Å². The first kappa shape index (κ1) is 15.4. The number of amides is 1. The highest BCUT2D eigenvalue weighted by Gasteiger charge is 2.31. The fourth-order valence-electron chi connectivity index (χ4n) is 1.95. The monoisotopic (exact) mass is 340 g/mol. The van der Waals surface area contributed by atoms with Crippen LogP contribution in [0.2, 0.25) is 5.02 Å². The van der Waals surface area contributed by atoms with Crippen LogP contribution in [0.25, 0.3) is 11.0 Å². The van der Waals surface area contributed by atoms with Crippen LogP contribution in [0.5, 0.6) is 0 Å². The lowest BCUT2D eigenvalue weighted by Crippen LogP contribution is -2.13. The molecule has 3 rings (SSSR count). The third kappa shape index (κ3) is 3.14. The Balaban J connectivity index is 1.85. The predicted molar refractivity (Wildman–Crippen MR) is 78.4 cm³/mol. The zero-order valence-electron chi connectivity index (χ0n) is 11.3. The molecule has 0 atom stereocenters. The van der Waals surface area contributed by atoms with Crippen LogP contribution in [-0.4, -0.2) is 10.9 Å². The lowest BCUT2D eigenvalue weighted by atomic mass is 10.2. The fourth-order valence-corrected chi connectivity index (χ4v) is 2.16. The molecule has 0 aliphatic carbocycles. The van der Waals surface area contributed by atoms with Gasteiger partial charge in [-0.2, -0.15) is 13.2 Å². The Morgan fingerprint density at radius 1 is 1.22 bits per heavy atom. The third-order valence-electron chi connectivity index (χ3n) is 3.05. The number of nitrogens with one attached hydrogen (secondary N) is 1. The standard InChI is InChI=1S/C15H8ClF3N2O2/c16-10-6-9(15(17,18)19)7-20-13(10)21-14(22)12-5-8-3-1-2-4-11(8)23-12/h1-7H,(H,20,21,22). The van der Waals surface area contributed by atoms with E-state index in [2.05, 4.69) is 10.3 Å². The Hall–Kier alpha value is -2.54. The molecule has 0 saturated heterocycles. The average molecular weight is 341 g/mol. The molecule has 0 saturated carbocycles. The summed E-state index contributed by atoms with van der Waals surface area (Å²) < 4.78 is 43.0. The molecule has 2 aromatic heterocycles. The Labute approximate surface area is 132 Å². The highest BCUT2D eigenvalue weighted by molar-refractivity contribution is 6.33. The number of carbonyl (C=O) groups is 1. The van der Waals surface area contributed by atoms with Crippen molar-refractivity contribution in [2.45, 2.75) is 6.18 Å². The topological polar surface area (TPSA) is 55.1 Å². The fraction of sp³-hybridized carbons (Fsp3) is 0.0667. The van der Waals surface area contributed by atoms with Crippen LogP contribution in [0.3, 0.4) is 0 Å². The quantitative estimate of drug-likeness (QED) is 0.732. The van der Waals surface area contributed by atoms with Gasteiger partial charge in [0.1, 0.15) is 5.58 Å². The number of hydrogen-bond donors (Lipinski definition) is 1. The normalized spacial score (nSPS) is 11.7. The largest absolute Gasteiger partial charge is 0.451 e. The maximum absolute atomic E-state index is 12.5. The molecule has 0 unspecified atom stereocenters. The van der Waals surface area contributed by atoms with E-state index in [1.807, 2.05) is 0 Å². The van der Waals surface area contributed by atoms with Gasteiger partial charge >= 0.3 is 6.18 Å². The van der Waals surface area contributed by atoms with Crippen molar-refractivity contribution in [1.82, 2.24) is 4.98 Å². The second kappa shape index (κ2) is 5.58. The number of aromatic nitrogens is 1.